The molecule has 0 saturated heterocycles. The first kappa shape index (κ1) is 15.9. The number of Topliss-reactive ketones (excluding diaryl/α,β-unsaturated/α-hetero) is 1. The van der Waals surface area contributed by atoms with Gasteiger partial charge in [-0.15, -0.1) is 0 Å². The Labute approximate surface area is 123 Å². The zero-order chi connectivity index (χ0) is 16.5. The van der Waals surface area contributed by atoms with Crippen LogP contribution in [0, 0.1) is 16.0 Å². The van der Waals surface area contributed by atoms with Crippen molar-refractivity contribution in [3.63, 3.8) is 0 Å². The number of benzene rings is 1. The second-order valence-electron chi connectivity index (χ2n) is 4.82. The number of nitrogens with zero attached hydrogens (tertiary/aromatic N) is 1. The summed E-state index contributed by atoms with van der Waals surface area (Å²) in [6.45, 7) is 0. The van der Waals surface area contributed by atoms with Gasteiger partial charge in [0, 0.05) is 17.7 Å². The average Bonchev–Trinajstić information content (AvgIpc) is 2.46. The molecule has 0 heterocycles. The molecule has 0 radical (unpaired) electrons. The van der Waals surface area contributed by atoms with Crippen molar-refractivity contribution in [2.75, 3.05) is 0 Å². The maximum absolute atomic E-state index is 13.3. The molecule has 8 heteroatoms. The molecule has 2 rings (SSSR count). The molecule has 5 nitrogen and oxygen atoms in total. The SMILES string of the molecule is NC1(C(F)(F)F)C=CC([N+](=O)[O-])=CC1C(=O)c1ccccc1. The Hall–Kier alpha value is -2.48. The molecular formula is C14H11F3N2O3. The molecule has 1 aliphatic rings. The predicted octanol–water partition coefficient (Wildman–Crippen LogP) is 2.48. The van der Waals surface area contributed by atoms with E-state index in [2.05, 4.69) is 0 Å². The zero-order valence-electron chi connectivity index (χ0n) is 11.1. The highest BCUT2D eigenvalue weighted by molar-refractivity contribution is 6.00. The third kappa shape index (κ3) is 2.64. The average molecular weight is 312 g/mol. The first-order chi connectivity index (χ1) is 10.2. The van der Waals surface area contributed by atoms with E-state index in [9.17, 15) is 28.1 Å². The van der Waals surface area contributed by atoms with Crippen molar-refractivity contribution in [3.8, 4) is 0 Å². The molecule has 0 aliphatic heterocycles. The number of carbonyl (C=O) groups excluding carboxylic acids is 1. The summed E-state index contributed by atoms with van der Waals surface area (Å²) in [7, 11) is 0. The smallest absolute Gasteiger partial charge is 0.314 e. The van der Waals surface area contributed by atoms with Gasteiger partial charge in [-0.1, -0.05) is 30.3 Å². The van der Waals surface area contributed by atoms with Gasteiger partial charge in [-0.05, 0) is 6.08 Å². The van der Waals surface area contributed by atoms with E-state index in [1.807, 2.05) is 0 Å². The molecular weight excluding hydrogens is 301 g/mol. The summed E-state index contributed by atoms with van der Waals surface area (Å²) >= 11 is 0. The highest BCUT2D eigenvalue weighted by atomic mass is 19.4. The fraction of sp³-hybridized carbons (Fsp3) is 0.214. The lowest BCUT2D eigenvalue weighted by Crippen LogP contribution is -2.60. The number of nitro groups is 1. The van der Waals surface area contributed by atoms with Gasteiger partial charge in [0.2, 0.25) is 0 Å². The number of ketones is 1. The Balaban J connectivity index is 2.53. The van der Waals surface area contributed by atoms with Crippen molar-refractivity contribution in [2.45, 2.75) is 11.7 Å². The van der Waals surface area contributed by atoms with Crippen LogP contribution in [-0.2, 0) is 0 Å². The summed E-state index contributed by atoms with van der Waals surface area (Å²) in [4.78, 5) is 22.3. The summed E-state index contributed by atoms with van der Waals surface area (Å²) in [6, 6.07) is 7.22. The molecule has 22 heavy (non-hydrogen) atoms. The maximum Gasteiger partial charge on any atom is 0.411 e. The highest BCUT2D eigenvalue weighted by Crippen LogP contribution is 2.40. The third-order valence-corrected chi connectivity index (χ3v) is 3.42. The predicted molar refractivity (Wildman–Crippen MR) is 71.5 cm³/mol. The van der Waals surface area contributed by atoms with Gasteiger partial charge in [-0.25, -0.2) is 0 Å². The number of rotatable bonds is 3. The molecule has 0 saturated carbocycles. The summed E-state index contributed by atoms with van der Waals surface area (Å²) in [6.07, 6.45) is -3.14. The van der Waals surface area contributed by atoms with E-state index in [1.54, 1.807) is 6.07 Å². The van der Waals surface area contributed by atoms with Crippen LogP contribution >= 0.6 is 0 Å². The molecule has 2 unspecified atom stereocenters. The Bertz CT molecular complexity index is 668. The van der Waals surface area contributed by atoms with Crippen LogP contribution in [-0.4, -0.2) is 22.4 Å². The van der Waals surface area contributed by atoms with E-state index in [-0.39, 0.29) is 5.56 Å². The third-order valence-electron chi connectivity index (χ3n) is 3.42. The van der Waals surface area contributed by atoms with Gasteiger partial charge in [-0.3, -0.25) is 14.9 Å². The van der Waals surface area contributed by atoms with Crippen molar-refractivity contribution in [1.82, 2.24) is 0 Å². The Morgan fingerprint density at radius 2 is 1.86 bits per heavy atom. The van der Waals surface area contributed by atoms with Gasteiger partial charge in [-0.2, -0.15) is 13.2 Å². The van der Waals surface area contributed by atoms with E-state index < -0.39 is 34.0 Å². The summed E-state index contributed by atoms with van der Waals surface area (Å²) in [5, 5.41) is 10.8. The van der Waals surface area contributed by atoms with Crippen LogP contribution in [0.1, 0.15) is 10.4 Å². The van der Waals surface area contributed by atoms with Gasteiger partial charge in [0.15, 0.2) is 5.78 Å². The first-order valence-corrected chi connectivity index (χ1v) is 6.17. The summed E-state index contributed by atoms with van der Waals surface area (Å²) in [5.74, 6) is -2.83. The van der Waals surface area contributed by atoms with Crippen LogP contribution in [0.3, 0.4) is 0 Å². The van der Waals surface area contributed by atoms with Crippen LogP contribution in [0.15, 0.2) is 54.3 Å². The molecule has 0 fully saturated rings. The minimum Gasteiger partial charge on any atom is -0.314 e. The van der Waals surface area contributed by atoms with Crippen LogP contribution < -0.4 is 5.73 Å². The second-order valence-corrected chi connectivity index (χ2v) is 4.82. The van der Waals surface area contributed by atoms with E-state index in [1.165, 1.54) is 24.3 Å². The zero-order valence-corrected chi connectivity index (χ0v) is 11.1. The lowest BCUT2D eigenvalue weighted by Gasteiger charge is -2.35. The molecule has 116 valence electrons. The second kappa shape index (κ2) is 5.38. The molecule has 1 aromatic rings. The molecule has 0 aromatic heterocycles. The number of nitrogens with two attached hydrogens (primary N) is 1. The van der Waals surface area contributed by atoms with Crippen molar-refractivity contribution in [3.05, 3.63) is 69.9 Å². The van der Waals surface area contributed by atoms with Crippen molar-refractivity contribution >= 4 is 5.78 Å². The van der Waals surface area contributed by atoms with Crippen molar-refractivity contribution in [2.24, 2.45) is 11.7 Å². The fourth-order valence-electron chi connectivity index (χ4n) is 2.16. The van der Waals surface area contributed by atoms with Crippen LogP contribution in [0.25, 0.3) is 0 Å². The number of halogens is 3. The number of hydrogen-bond acceptors (Lipinski definition) is 4. The van der Waals surface area contributed by atoms with Gasteiger partial charge < -0.3 is 5.73 Å². The number of carbonyl (C=O) groups is 1. The van der Waals surface area contributed by atoms with Gasteiger partial charge >= 0.3 is 6.18 Å². The monoisotopic (exact) mass is 312 g/mol. The first-order valence-electron chi connectivity index (χ1n) is 6.17. The van der Waals surface area contributed by atoms with E-state index in [4.69, 9.17) is 5.73 Å². The lowest BCUT2D eigenvalue weighted by atomic mass is 9.76. The Morgan fingerprint density at radius 1 is 1.27 bits per heavy atom. The van der Waals surface area contributed by atoms with Crippen LogP contribution in [0.5, 0.6) is 0 Å². The van der Waals surface area contributed by atoms with Gasteiger partial charge in [0.05, 0.1) is 10.8 Å². The van der Waals surface area contributed by atoms with Crippen molar-refractivity contribution in [1.29, 1.82) is 0 Å². The molecule has 1 aromatic carbocycles. The molecule has 2 N–H and O–H groups in total. The maximum atomic E-state index is 13.3. The molecule has 0 spiro atoms. The summed E-state index contributed by atoms with van der Waals surface area (Å²) in [5.41, 5.74) is 1.80. The molecule has 2 atom stereocenters. The van der Waals surface area contributed by atoms with Gasteiger partial charge in [0.1, 0.15) is 5.54 Å². The van der Waals surface area contributed by atoms with Crippen molar-refractivity contribution < 1.29 is 22.9 Å². The van der Waals surface area contributed by atoms with E-state index in [0.29, 0.717) is 18.2 Å². The standard InChI is InChI=1S/C14H11F3N2O3/c15-14(16,17)13(18)7-6-10(19(21)22)8-11(13)12(20)9-4-2-1-3-5-9/h1-8,11H,18H2. The molecule has 0 bridgehead atoms. The number of hydrogen-bond donors (Lipinski definition) is 1. The number of allylic oxidation sites excluding steroid dienone is 1. The van der Waals surface area contributed by atoms with Crippen LogP contribution in [0.4, 0.5) is 13.2 Å². The van der Waals surface area contributed by atoms with Crippen LogP contribution in [0.2, 0.25) is 0 Å². The normalized spacial score (nSPS) is 24.7. The number of alkyl halides is 3. The molecule has 1 aliphatic carbocycles. The molecule has 0 amide bonds. The lowest BCUT2D eigenvalue weighted by molar-refractivity contribution is -0.420. The Morgan fingerprint density at radius 3 is 2.36 bits per heavy atom. The Kier molecular flexibility index (Phi) is 3.89. The summed E-state index contributed by atoms with van der Waals surface area (Å²) < 4.78 is 39.8. The quantitative estimate of drug-likeness (QED) is 0.528. The largest absolute Gasteiger partial charge is 0.411 e. The fourth-order valence-corrected chi connectivity index (χ4v) is 2.16. The minimum atomic E-state index is -4.93. The topological polar surface area (TPSA) is 86.2 Å². The van der Waals surface area contributed by atoms with E-state index >= 15 is 0 Å². The van der Waals surface area contributed by atoms with Gasteiger partial charge in [0.25, 0.3) is 5.70 Å². The van der Waals surface area contributed by atoms with E-state index in [0.717, 1.165) is 0 Å². The minimum absolute atomic E-state index is 0.000762. The highest BCUT2D eigenvalue weighted by Gasteiger charge is 2.58.